The van der Waals surface area contributed by atoms with Crippen molar-refractivity contribution < 1.29 is 9.13 Å². The van der Waals surface area contributed by atoms with Gasteiger partial charge in [0, 0.05) is 12.1 Å². The van der Waals surface area contributed by atoms with Crippen LogP contribution in [0.4, 0.5) is 10.2 Å². The third-order valence-corrected chi connectivity index (χ3v) is 4.83. The molecule has 2 N–H and O–H groups in total. The van der Waals surface area contributed by atoms with Crippen LogP contribution in [0.15, 0.2) is 66.9 Å². The number of hydrogen-bond acceptors (Lipinski definition) is 5. The normalized spacial score (nSPS) is 12.1. The number of anilines is 1. The fraction of sp³-hybridized carbons (Fsp3) is 0.217. The summed E-state index contributed by atoms with van der Waals surface area (Å²) in [4.78, 5) is 4.46. The van der Waals surface area contributed by atoms with Crippen molar-refractivity contribution in [3.8, 4) is 17.0 Å². The van der Waals surface area contributed by atoms with E-state index in [1.54, 1.807) is 16.8 Å². The van der Waals surface area contributed by atoms with E-state index >= 15 is 0 Å². The summed E-state index contributed by atoms with van der Waals surface area (Å²) >= 11 is 0. The second-order valence-corrected chi connectivity index (χ2v) is 7.03. The Kier molecular flexibility index (Phi) is 5.90. The summed E-state index contributed by atoms with van der Waals surface area (Å²) in [7, 11) is 1.89. The number of fused-ring (bicyclic) bond motifs is 1. The van der Waals surface area contributed by atoms with Gasteiger partial charge in [-0.05, 0) is 55.9 Å². The van der Waals surface area contributed by atoms with Crippen LogP contribution in [0.1, 0.15) is 18.5 Å². The molecule has 2 heterocycles. The number of aromatic nitrogens is 3. The SMILES string of the molecule is CNCCOc1cccc(-c2cnc3ccc(NC(C)c4cccc(F)c4)nn23)c1. The van der Waals surface area contributed by atoms with Crippen molar-refractivity contribution in [3.63, 3.8) is 0 Å². The van der Waals surface area contributed by atoms with Gasteiger partial charge in [-0.1, -0.05) is 24.3 Å². The van der Waals surface area contributed by atoms with Crippen LogP contribution in [-0.4, -0.2) is 34.8 Å². The minimum absolute atomic E-state index is 0.0958. The number of nitrogens with one attached hydrogen (secondary N) is 2. The molecule has 0 aliphatic carbocycles. The Labute approximate surface area is 174 Å². The maximum absolute atomic E-state index is 13.5. The fourth-order valence-corrected chi connectivity index (χ4v) is 3.24. The molecule has 4 rings (SSSR count). The molecular weight excluding hydrogens is 381 g/mol. The average molecular weight is 405 g/mol. The molecule has 2 aromatic heterocycles. The molecule has 6 nitrogen and oxygen atoms in total. The van der Waals surface area contributed by atoms with Gasteiger partial charge in [0.25, 0.3) is 0 Å². The van der Waals surface area contributed by atoms with Crippen molar-refractivity contribution in [1.82, 2.24) is 19.9 Å². The number of imidazole rings is 1. The molecule has 1 unspecified atom stereocenters. The van der Waals surface area contributed by atoms with Crippen molar-refractivity contribution in [2.24, 2.45) is 0 Å². The number of nitrogens with zero attached hydrogens (tertiary/aromatic N) is 3. The van der Waals surface area contributed by atoms with E-state index in [1.807, 2.05) is 56.4 Å². The highest BCUT2D eigenvalue weighted by molar-refractivity contribution is 5.65. The molecular formula is C23H24FN5O. The van der Waals surface area contributed by atoms with E-state index < -0.39 is 0 Å². The van der Waals surface area contributed by atoms with Crippen molar-refractivity contribution in [2.45, 2.75) is 13.0 Å². The number of halogens is 1. The van der Waals surface area contributed by atoms with E-state index in [4.69, 9.17) is 9.84 Å². The van der Waals surface area contributed by atoms with Gasteiger partial charge in [0.1, 0.15) is 24.0 Å². The van der Waals surface area contributed by atoms with E-state index in [1.165, 1.54) is 12.1 Å². The molecule has 1 atom stereocenters. The molecule has 0 bridgehead atoms. The summed E-state index contributed by atoms with van der Waals surface area (Å²) in [6.45, 7) is 3.35. The predicted octanol–water partition coefficient (Wildman–Crippen LogP) is 4.31. The Morgan fingerprint density at radius 2 is 1.97 bits per heavy atom. The van der Waals surface area contributed by atoms with Crippen molar-refractivity contribution >= 4 is 11.5 Å². The lowest BCUT2D eigenvalue weighted by molar-refractivity contribution is 0.318. The Hall–Kier alpha value is -3.45. The maximum atomic E-state index is 13.5. The van der Waals surface area contributed by atoms with Gasteiger partial charge < -0.3 is 15.4 Å². The van der Waals surface area contributed by atoms with Gasteiger partial charge in [0.05, 0.1) is 17.9 Å². The van der Waals surface area contributed by atoms with Gasteiger partial charge in [0.15, 0.2) is 5.65 Å². The van der Waals surface area contributed by atoms with Crippen molar-refractivity contribution in [3.05, 3.63) is 78.2 Å². The molecule has 0 aliphatic heterocycles. The average Bonchev–Trinajstić information content (AvgIpc) is 3.17. The molecule has 154 valence electrons. The summed E-state index contributed by atoms with van der Waals surface area (Å²) in [5, 5.41) is 11.1. The summed E-state index contributed by atoms with van der Waals surface area (Å²) in [6, 6.07) is 18.1. The highest BCUT2D eigenvalue weighted by Crippen LogP contribution is 2.25. The quantitative estimate of drug-likeness (QED) is 0.428. The molecule has 0 saturated carbocycles. The Bertz CT molecular complexity index is 1140. The van der Waals surface area contributed by atoms with Gasteiger partial charge in [-0.2, -0.15) is 0 Å². The number of rotatable bonds is 8. The highest BCUT2D eigenvalue weighted by atomic mass is 19.1. The Balaban J connectivity index is 1.59. The fourth-order valence-electron chi connectivity index (χ4n) is 3.24. The van der Waals surface area contributed by atoms with Crippen molar-refractivity contribution in [2.75, 3.05) is 25.5 Å². The lowest BCUT2D eigenvalue weighted by Gasteiger charge is -2.15. The molecule has 0 amide bonds. The van der Waals surface area contributed by atoms with Crippen LogP contribution in [0.3, 0.4) is 0 Å². The minimum atomic E-state index is -0.252. The molecule has 0 fully saturated rings. The van der Waals surface area contributed by atoms with E-state index in [-0.39, 0.29) is 11.9 Å². The molecule has 4 aromatic rings. The first-order valence-electron chi connectivity index (χ1n) is 9.88. The van der Waals surface area contributed by atoms with Gasteiger partial charge in [-0.15, -0.1) is 5.10 Å². The van der Waals surface area contributed by atoms with Crippen LogP contribution >= 0.6 is 0 Å². The number of ether oxygens (including phenoxy) is 1. The zero-order chi connectivity index (χ0) is 20.9. The largest absolute Gasteiger partial charge is 0.492 e. The first-order chi connectivity index (χ1) is 14.6. The van der Waals surface area contributed by atoms with Crippen LogP contribution in [-0.2, 0) is 0 Å². The Morgan fingerprint density at radius 3 is 2.80 bits per heavy atom. The van der Waals surface area contributed by atoms with Crippen LogP contribution in [0.25, 0.3) is 16.9 Å². The molecule has 0 aliphatic rings. The molecule has 0 radical (unpaired) electrons. The summed E-state index contributed by atoms with van der Waals surface area (Å²) < 4.78 is 21.1. The number of hydrogen-bond donors (Lipinski definition) is 2. The number of benzene rings is 2. The van der Waals surface area contributed by atoms with Gasteiger partial charge in [0.2, 0.25) is 0 Å². The van der Waals surface area contributed by atoms with Crippen LogP contribution in [0, 0.1) is 5.82 Å². The van der Waals surface area contributed by atoms with E-state index in [2.05, 4.69) is 15.6 Å². The monoisotopic (exact) mass is 405 g/mol. The van der Waals surface area contributed by atoms with Crippen LogP contribution in [0.2, 0.25) is 0 Å². The van der Waals surface area contributed by atoms with Gasteiger partial charge in [-0.3, -0.25) is 0 Å². The lowest BCUT2D eigenvalue weighted by atomic mass is 10.1. The van der Waals surface area contributed by atoms with E-state index in [0.717, 1.165) is 34.8 Å². The Morgan fingerprint density at radius 1 is 1.10 bits per heavy atom. The maximum Gasteiger partial charge on any atom is 0.154 e. The van der Waals surface area contributed by atoms with Gasteiger partial charge >= 0.3 is 0 Å². The molecule has 30 heavy (non-hydrogen) atoms. The molecule has 2 aromatic carbocycles. The zero-order valence-electron chi connectivity index (χ0n) is 17.0. The molecule has 0 spiro atoms. The first-order valence-corrected chi connectivity index (χ1v) is 9.88. The molecule has 7 heteroatoms. The summed E-state index contributed by atoms with van der Waals surface area (Å²) in [5.41, 5.74) is 3.43. The number of likely N-dealkylation sites (N-methyl/N-ethyl adjacent to an activating group) is 1. The topological polar surface area (TPSA) is 63.5 Å². The van der Waals surface area contributed by atoms with E-state index in [0.29, 0.717) is 12.4 Å². The summed E-state index contributed by atoms with van der Waals surface area (Å²) in [6.07, 6.45) is 1.80. The first kappa shape index (κ1) is 19.8. The zero-order valence-corrected chi connectivity index (χ0v) is 17.0. The minimum Gasteiger partial charge on any atom is -0.492 e. The van der Waals surface area contributed by atoms with Gasteiger partial charge in [-0.25, -0.2) is 13.9 Å². The van der Waals surface area contributed by atoms with Crippen molar-refractivity contribution in [1.29, 1.82) is 0 Å². The smallest absolute Gasteiger partial charge is 0.154 e. The van der Waals surface area contributed by atoms with E-state index in [9.17, 15) is 4.39 Å². The summed E-state index contributed by atoms with van der Waals surface area (Å²) in [5.74, 6) is 1.23. The second-order valence-electron chi connectivity index (χ2n) is 7.03. The second kappa shape index (κ2) is 8.92. The third kappa shape index (κ3) is 4.41. The van der Waals surface area contributed by atoms with Crippen LogP contribution in [0.5, 0.6) is 5.75 Å². The molecule has 0 saturated heterocycles. The third-order valence-electron chi connectivity index (χ3n) is 4.83. The van der Waals surface area contributed by atoms with Crippen LogP contribution < -0.4 is 15.4 Å². The lowest BCUT2D eigenvalue weighted by Crippen LogP contribution is -2.15. The highest BCUT2D eigenvalue weighted by Gasteiger charge is 2.11. The predicted molar refractivity (Wildman–Crippen MR) is 116 cm³/mol. The standard InChI is InChI=1S/C23H24FN5O/c1-16(17-5-3-7-19(24)13-17)27-22-9-10-23-26-15-21(29(23)28-22)18-6-4-8-20(14-18)30-12-11-25-2/h3-10,13-16,25H,11-12H2,1-2H3,(H,27,28).